The maximum Gasteiger partial charge on any atom is 0.183 e. The number of thiazole rings is 1. The average molecular weight is 240 g/mol. The van der Waals surface area contributed by atoms with Gasteiger partial charge in [0.2, 0.25) is 0 Å². The van der Waals surface area contributed by atoms with Crippen molar-refractivity contribution < 1.29 is 4.74 Å². The molecule has 0 aliphatic rings. The second kappa shape index (κ2) is 4.64. The zero-order chi connectivity index (χ0) is 10.7. The van der Waals surface area contributed by atoms with Crippen LogP contribution in [0.4, 0.5) is 0 Å². The topological polar surface area (TPSA) is 22.1 Å². The normalized spacial score (nSPS) is 10.3. The summed E-state index contributed by atoms with van der Waals surface area (Å²) in [6.07, 6.45) is 0.792. The standard InChI is InChI=1S/C11H10ClNOS/c1-14-10-4-2-3-8(6-10)5-9-7-15-11(12)13-9/h2-4,6-7H,5H2,1H3. The van der Waals surface area contributed by atoms with E-state index in [1.165, 1.54) is 16.9 Å². The van der Waals surface area contributed by atoms with Crippen molar-refractivity contribution in [2.24, 2.45) is 0 Å². The average Bonchev–Trinajstić information content (AvgIpc) is 2.64. The SMILES string of the molecule is COc1cccc(Cc2csc(Cl)n2)c1. The predicted octanol–water partition coefficient (Wildman–Crippen LogP) is 3.40. The Kier molecular flexibility index (Phi) is 3.23. The summed E-state index contributed by atoms with van der Waals surface area (Å²) in [6, 6.07) is 7.96. The van der Waals surface area contributed by atoms with E-state index in [1.54, 1.807) is 7.11 Å². The Hall–Kier alpha value is -1.06. The van der Waals surface area contributed by atoms with Gasteiger partial charge in [0, 0.05) is 11.8 Å². The van der Waals surface area contributed by atoms with E-state index in [4.69, 9.17) is 16.3 Å². The van der Waals surface area contributed by atoms with Gasteiger partial charge in [-0.15, -0.1) is 11.3 Å². The first-order valence-electron chi connectivity index (χ1n) is 4.51. The van der Waals surface area contributed by atoms with E-state index in [0.717, 1.165) is 17.9 Å². The number of aromatic nitrogens is 1. The molecule has 1 aromatic carbocycles. The largest absolute Gasteiger partial charge is 0.497 e. The predicted molar refractivity (Wildman–Crippen MR) is 62.9 cm³/mol. The Morgan fingerprint density at radius 2 is 2.33 bits per heavy atom. The summed E-state index contributed by atoms with van der Waals surface area (Å²) in [4.78, 5) is 4.20. The van der Waals surface area contributed by atoms with Crippen LogP contribution in [0.5, 0.6) is 5.75 Å². The summed E-state index contributed by atoms with van der Waals surface area (Å²) in [5.41, 5.74) is 2.18. The molecule has 78 valence electrons. The van der Waals surface area contributed by atoms with Gasteiger partial charge >= 0.3 is 0 Å². The van der Waals surface area contributed by atoms with E-state index in [-0.39, 0.29) is 0 Å². The molecule has 4 heteroatoms. The van der Waals surface area contributed by atoms with Crippen LogP contribution in [0.15, 0.2) is 29.6 Å². The highest BCUT2D eigenvalue weighted by atomic mass is 35.5. The Labute approximate surface area is 97.5 Å². The van der Waals surface area contributed by atoms with E-state index in [9.17, 15) is 0 Å². The van der Waals surface area contributed by atoms with E-state index in [0.29, 0.717) is 4.47 Å². The molecule has 0 amide bonds. The smallest absolute Gasteiger partial charge is 0.183 e. The molecule has 1 heterocycles. The number of hydrogen-bond acceptors (Lipinski definition) is 3. The molecule has 0 atom stereocenters. The van der Waals surface area contributed by atoms with Gasteiger partial charge < -0.3 is 4.74 Å². The molecule has 15 heavy (non-hydrogen) atoms. The maximum atomic E-state index is 5.77. The van der Waals surface area contributed by atoms with E-state index < -0.39 is 0 Å². The number of nitrogens with zero attached hydrogens (tertiary/aromatic N) is 1. The molecule has 1 aromatic heterocycles. The van der Waals surface area contributed by atoms with Crippen LogP contribution in [-0.4, -0.2) is 12.1 Å². The number of halogens is 1. The minimum absolute atomic E-state index is 0.591. The van der Waals surface area contributed by atoms with Gasteiger partial charge in [-0.2, -0.15) is 0 Å². The molecule has 0 radical (unpaired) electrons. The molecule has 0 N–H and O–H groups in total. The molecule has 0 unspecified atom stereocenters. The van der Waals surface area contributed by atoms with Crippen LogP contribution in [-0.2, 0) is 6.42 Å². The lowest BCUT2D eigenvalue weighted by molar-refractivity contribution is 0.414. The Morgan fingerprint density at radius 1 is 1.47 bits per heavy atom. The molecular weight excluding hydrogens is 230 g/mol. The molecule has 2 rings (SSSR count). The van der Waals surface area contributed by atoms with Crippen molar-refractivity contribution in [3.05, 3.63) is 45.4 Å². The Bertz CT molecular complexity index is 455. The van der Waals surface area contributed by atoms with Crippen molar-refractivity contribution in [3.63, 3.8) is 0 Å². The third-order valence-corrected chi connectivity index (χ3v) is 3.07. The minimum Gasteiger partial charge on any atom is -0.497 e. The fourth-order valence-electron chi connectivity index (χ4n) is 1.36. The number of methoxy groups -OCH3 is 1. The van der Waals surface area contributed by atoms with Crippen molar-refractivity contribution in [2.45, 2.75) is 6.42 Å². The van der Waals surface area contributed by atoms with Gasteiger partial charge in [0.1, 0.15) is 5.75 Å². The van der Waals surface area contributed by atoms with Gasteiger partial charge in [-0.25, -0.2) is 4.98 Å². The van der Waals surface area contributed by atoms with Crippen LogP contribution in [0, 0.1) is 0 Å². The van der Waals surface area contributed by atoms with Gasteiger partial charge in [0.25, 0.3) is 0 Å². The van der Waals surface area contributed by atoms with Crippen LogP contribution >= 0.6 is 22.9 Å². The summed E-state index contributed by atoms with van der Waals surface area (Å²) < 4.78 is 5.74. The van der Waals surface area contributed by atoms with Crippen LogP contribution in [0.1, 0.15) is 11.3 Å². The lowest BCUT2D eigenvalue weighted by atomic mass is 10.1. The van der Waals surface area contributed by atoms with Gasteiger partial charge in [-0.1, -0.05) is 23.7 Å². The molecule has 2 aromatic rings. The molecule has 0 fully saturated rings. The Balaban J connectivity index is 2.16. The molecular formula is C11H10ClNOS. The monoisotopic (exact) mass is 239 g/mol. The third kappa shape index (κ3) is 2.70. The number of hydrogen-bond donors (Lipinski definition) is 0. The van der Waals surface area contributed by atoms with E-state index in [2.05, 4.69) is 11.1 Å². The molecule has 0 saturated heterocycles. The second-order valence-electron chi connectivity index (χ2n) is 3.12. The third-order valence-electron chi connectivity index (χ3n) is 2.04. The van der Waals surface area contributed by atoms with Crippen molar-refractivity contribution in [2.75, 3.05) is 7.11 Å². The summed E-state index contributed by atoms with van der Waals surface area (Å²) in [5.74, 6) is 0.869. The lowest BCUT2D eigenvalue weighted by Gasteiger charge is -2.02. The molecule has 0 saturated carbocycles. The first-order valence-corrected chi connectivity index (χ1v) is 5.76. The summed E-state index contributed by atoms with van der Waals surface area (Å²) in [5, 5.41) is 1.97. The van der Waals surface area contributed by atoms with Crippen molar-refractivity contribution in [1.29, 1.82) is 0 Å². The van der Waals surface area contributed by atoms with Gasteiger partial charge in [0.15, 0.2) is 4.47 Å². The van der Waals surface area contributed by atoms with Gasteiger partial charge in [-0.05, 0) is 17.7 Å². The minimum atomic E-state index is 0.591. The quantitative estimate of drug-likeness (QED) is 0.819. The lowest BCUT2D eigenvalue weighted by Crippen LogP contribution is -1.89. The number of rotatable bonds is 3. The highest BCUT2D eigenvalue weighted by molar-refractivity contribution is 7.13. The molecule has 2 nitrogen and oxygen atoms in total. The van der Waals surface area contributed by atoms with Crippen LogP contribution < -0.4 is 4.74 Å². The van der Waals surface area contributed by atoms with Crippen molar-refractivity contribution in [3.8, 4) is 5.75 Å². The fourth-order valence-corrected chi connectivity index (χ4v) is 2.14. The maximum absolute atomic E-state index is 5.77. The van der Waals surface area contributed by atoms with Crippen molar-refractivity contribution in [1.82, 2.24) is 4.98 Å². The van der Waals surface area contributed by atoms with E-state index in [1.807, 2.05) is 23.6 Å². The highest BCUT2D eigenvalue weighted by Gasteiger charge is 2.02. The Morgan fingerprint density at radius 3 is 3.00 bits per heavy atom. The first-order chi connectivity index (χ1) is 7.28. The molecule has 0 spiro atoms. The molecule has 0 aliphatic heterocycles. The summed E-state index contributed by atoms with van der Waals surface area (Å²) in [7, 11) is 1.67. The van der Waals surface area contributed by atoms with Crippen LogP contribution in [0.25, 0.3) is 0 Å². The van der Waals surface area contributed by atoms with Crippen LogP contribution in [0.2, 0.25) is 4.47 Å². The number of ether oxygens (including phenoxy) is 1. The van der Waals surface area contributed by atoms with E-state index >= 15 is 0 Å². The van der Waals surface area contributed by atoms with Crippen molar-refractivity contribution >= 4 is 22.9 Å². The molecule has 0 bridgehead atoms. The first kappa shape index (κ1) is 10.5. The van der Waals surface area contributed by atoms with Crippen LogP contribution in [0.3, 0.4) is 0 Å². The highest BCUT2D eigenvalue weighted by Crippen LogP contribution is 2.19. The second-order valence-corrected chi connectivity index (χ2v) is 4.56. The van der Waals surface area contributed by atoms with Gasteiger partial charge in [0.05, 0.1) is 12.8 Å². The van der Waals surface area contributed by atoms with Gasteiger partial charge in [-0.3, -0.25) is 0 Å². The fraction of sp³-hybridized carbons (Fsp3) is 0.182. The summed E-state index contributed by atoms with van der Waals surface area (Å²) >= 11 is 7.22. The number of benzene rings is 1. The summed E-state index contributed by atoms with van der Waals surface area (Å²) in [6.45, 7) is 0. The molecule has 0 aliphatic carbocycles. The zero-order valence-corrected chi connectivity index (χ0v) is 9.81. The zero-order valence-electron chi connectivity index (χ0n) is 8.24.